The number of thioether (sulfide) groups is 1. The number of benzene rings is 5. The maximum Gasteiger partial charge on any atom is 0.553 e. The molecule has 0 fully saturated rings. The van der Waals surface area contributed by atoms with Crippen molar-refractivity contribution in [2.75, 3.05) is 41.4 Å². The number of aromatic nitrogens is 2. The Morgan fingerprint density at radius 1 is 0.757 bits per heavy atom. The molecule has 5 aromatic carbocycles. The first-order chi connectivity index (χ1) is 53.2. The van der Waals surface area contributed by atoms with Gasteiger partial charge in [-0.05, 0) is 191 Å². The zero-order chi connectivity index (χ0) is 77.7. The van der Waals surface area contributed by atoms with Crippen molar-refractivity contribution in [3.05, 3.63) is 221 Å². The van der Waals surface area contributed by atoms with Gasteiger partial charge in [-0.25, -0.2) is 0 Å². The van der Waals surface area contributed by atoms with Gasteiger partial charge >= 0.3 is 5.91 Å². The molecule has 4 unspecified atom stereocenters. The number of nitrogens with one attached hydrogen (secondary N) is 1. The first kappa shape index (κ1) is 74.9. The van der Waals surface area contributed by atoms with Crippen molar-refractivity contribution in [3.8, 4) is 0 Å². The Hall–Kier alpha value is -8.82. The van der Waals surface area contributed by atoms with Crippen LogP contribution in [0.4, 0.5) is 17.1 Å². The van der Waals surface area contributed by atoms with Crippen LogP contribution in [-0.4, -0.2) is 109 Å². The van der Waals surface area contributed by atoms with Crippen LogP contribution in [0, 0.1) is 25.7 Å². The molecule has 111 heavy (non-hydrogen) atoms. The monoisotopic (exact) mass is 1540 g/mol. The van der Waals surface area contributed by atoms with E-state index in [1.807, 2.05) is 12.1 Å². The molecule has 1 spiro atoms. The van der Waals surface area contributed by atoms with Crippen LogP contribution in [-0.2, 0) is 46.5 Å². The first-order valence-corrected chi connectivity index (χ1v) is 44.3. The SMILES string of the molecule is CCCCCCOC(C)c1c(C)c2n3c1=CC1=[N+]4C(=Cc5c(C)c6c7n5C34[N+]3=C(C=2)C(C)C(CCC(=O)Nc2ccc(SC4=C(C=CC5=[N+](CCCCS(=O)(=O)O)c8ccc9ccccc9c8C5(C)C)CCCC4=CC=C4N(CCCCS(=O)(=O)O)c5ccc8ccccc8c5C4(C)C)cc2)C3=C7CC6=O)C(CC)=C1C. The topological polar surface area (TPSA) is 186 Å². The summed E-state index contributed by atoms with van der Waals surface area (Å²) in [4.78, 5) is 34.2. The fourth-order valence-corrected chi connectivity index (χ4v) is 23.1. The van der Waals surface area contributed by atoms with Crippen LogP contribution in [0.3, 0.4) is 0 Å². The number of ketones is 1. The van der Waals surface area contributed by atoms with Crippen molar-refractivity contribution < 1.29 is 54.0 Å². The summed E-state index contributed by atoms with van der Waals surface area (Å²) in [6, 6.07) is 33.9. The fraction of sp³-hybridized carbons (Fsp3) is 0.402. The van der Waals surface area contributed by atoms with Crippen molar-refractivity contribution in [2.45, 2.75) is 200 Å². The molecule has 0 saturated carbocycles. The third-order valence-electron chi connectivity index (χ3n) is 25.9. The van der Waals surface area contributed by atoms with Crippen molar-refractivity contribution in [2.24, 2.45) is 11.8 Å². The Morgan fingerprint density at radius 2 is 1.47 bits per heavy atom. The number of amides is 1. The number of unbranched alkanes of at least 4 members (excludes halogenated alkanes) is 5. The quantitative estimate of drug-likeness (QED) is 0.0253. The lowest BCUT2D eigenvalue weighted by atomic mass is 9.78. The number of carbonyl (C=O) groups is 2. The lowest BCUT2D eigenvalue weighted by Gasteiger charge is -2.39. The number of carbonyl (C=O) groups excluding carboxylic acids is 2. The van der Waals surface area contributed by atoms with E-state index in [1.54, 1.807) is 11.8 Å². The highest BCUT2D eigenvalue weighted by atomic mass is 32.2. The van der Waals surface area contributed by atoms with Crippen LogP contribution in [0.15, 0.2) is 171 Å². The number of rotatable bonds is 27. The second-order valence-electron chi connectivity index (χ2n) is 33.3. The van der Waals surface area contributed by atoms with E-state index < -0.39 is 37.0 Å². The van der Waals surface area contributed by atoms with Crippen molar-refractivity contribution in [1.82, 2.24) is 9.13 Å². The molecule has 10 heterocycles. The maximum absolute atomic E-state index is 14.9. The van der Waals surface area contributed by atoms with E-state index in [-0.39, 0.29) is 47.6 Å². The highest BCUT2D eigenvalue weighted by Crippen LogP contribution is 2.59. The number of hydrogen-bond donors (Lipinski definition) is 3. The molecular formula is C92H102N7O9S3+3. The molecule has 2 aromatic heterocycles. The second kappa shape index (κ2) is 28.1. The molecule has 16 nitrogen and oxygen atoms in total. The average molecular weight is 1550 g/mol. The van der Waals surface area contributed by atoms with E-state index in [0.29, 0.717) is 63.9 Å². The summed E-state index contributed by atoms with van der Waals surface area (Å²) in [6.45, 7) is 26.7. The predicted octanol–water partition coefficient (Wildman–Crippen LogP) is 17.7. The van der Waals surface area contributed by atoms with E-state index in [9.17, 15) is 35.5 Å². The van der Waals surface area contributed by atoms with Gasteiger partial charge in [0.15, 0.2) is 17.2 Å². The third-order valence-corrected chi connectivity index (χ3v) is 28.7. The minimum atomic E-state index is -4.14. The zero-order valence-electron chi connectivity index (χ0n) is 65.8. The summed E-state index contributed by atoms with van der Waals surface area (Å²) < 4.78 is 87.1. The van der Waals surface area contributed by atoms with E-state index in [2.05, 4.69) is 237 Å². The minimum Gasteiger partial charge on any atom is -0.374 e. The van der Waals surface area contributed by atoms with Crippen LogP contribution >= 0.6 is 11.8 Å². The molecule has 8 aliphatic heterocycles. The molecule has 0 radical (unpaired) electrons. The van der Waals surface area contributed by atoms with E-state index in [4.69, 9.17) is 4.74 Å². The van der Waals surface area contributed by atoms with Gasteiger partial charge < -0.3 is 15.0 Å². The maximum atomic E-state index is 14.9. The van der Waals surface area contributed by atoms with E-state index >= 15 is 0 Å². The van der Waals surface area contributed by atoms with Gasteiger partial charge in [0.2, 0.25) is 28.7 Å². The molecule has 10 aliphatic rings. The molecule has 0 saturated heterocycles. The lowest BCUT2D eigenvalue weighted by molar-refractivity contribution is -0.836. The summed E-state index contributed by atoms with van der Waals surface area (Å²) >= 11 is 1.72. The second-order valence-corrected chi connectivity index (χ2v) is 37.5. The van der Waals surface area contributed by atoms with Crippen LogP contribution in [0.1, 0.15) is 214 Å². The molecule has 7 aromatic rings. The van der Waals surface area contributed by atoms with Gasteiger partial charge in [-0.1, -0.05) is 142 Å². The summed E-state index contributed by atoms with van der Waals surface area (Å²) in [5, 5.41) is 10.3. The molecular weight excluding hydrogens is 1440 g/mol. The van der Waals surface area contributed by atoms with Crippen LogP contribution in [0.25, 0.3) is 45.3 Å². The number of anilines is 2. The number of fused-ring (bicyclic) bond motifs is 6. The number of allylic oxidation sites excluding steroid dienone is 11. The highest BCUT2D eigenvalue weighted by Gasteiger charge is 2.75. The van der Waals surface area contributed by atoms with Gasteiger partial charge in [0.1, 0.15) is 6.54 Å². The van der Waals surface area contributed by atoms with Gasteiger partial charge in [0, 0.05) is 123 Å². The summed E-state index contributed by atoms with van der Waals surface area (Å²) in [5.74, 6) is -1.54. The van der Waals surface area contributed by atoms with Crippen molar-refractivity contribution >= 4 is 123 Å². The molecule has 19 heteroatoms. The molecule has 2 aliphatic carbocycles. The highest BCUT2D eigenvalue weighted by molar-refractivity contribution is 8.03. The van der Waals surface area contributed by atoms with Crippen LogP contribution < -0.4 is 20.9 Å². The molecule has 17 rings (SSSR count). The smallest absolute Gasteiger partial charge is 0.374 e. The third kappa shape index (κ3) is 12.1. The minimum absolute atomic E-state index is 0.00612. The van der Waals surface area contributed by atoms with Gasteiger partial charge in [-0.15, -0.1) is 0 Å². The molecule has 574 valence electrons. The Morgan fingerprint density at radius 3 is 2.19 bits per heavy atom. The van der Waals surface area contributed by atoms with E-state index in [1.165, 1.54) is 85.3 Å². The van der Waals surface area contributed by atoms with E-state index in [0.717, 1.165) is 126 Å². The van der Waals surface area contributed by atoms with Gasteiger partial charge in [0.05, 0.1) is 62.5 Å². The fourth-order valence-electron chi connectivity index (χ4n) is 20.8. The lowest BCUT2D eigenvalue weighted by Crippen LogP contribution is -2.70. The summed E-state index contributed by atoms with van der Waals surface area (Å²) in [6.07, 6.45) is 27.0. The van der Waals surface area contributed by atoms with Gasteiger partial charge in [-0.2, -0.15) is 30.5 Å². The number of nitrogens with zero attached hydrogens (tertiary/aromatic N) is 6. The largest absolute Gasteiger partial charge is 0.553 e. The van der Waals surface area contributed by atoms with Crippen LogP contribution in [0.5, 0.6) is 0 Å². The molecule has 0 bridgehead atoms. The first-order valence-electron chi connectivity index (χ1n) is 40.3. The standard InChI is InChI=1S/C92H99N7O9S3/c1-12-14-15-22-48-108-59(7)83-57(5)75-52-74-56(4)67(87-70-51-79(100)84-58(6)76-53-77-66(13-2)55(3)73-54-78(83)97(75)92(96(73)77,98(74)87)99(76)88(70)84)40-45-82(101)93-64-36-38-65(39-37-64)109-89-62(34-43-80-90(8,9)85-68-30-18-16-26-60(68)32-41-71(85)94(80)46-20-23-49-110(102,103)104)28-25-29-63(89)35-44-81-91(10,11)86-69-31-19-17-27-61(69)33-42-72(86)95(81)47-21-24-50-111(105,106)107/h16-19,26-27,30-39,41-44,52-54,56,59,67H,12-15,20-25,28-29,40,45-51H2,1-11H3/p+3. The molecule has 3 N–H and O–H groups in total. The Labute approximate surface area is 656 Å². The predicted molar refractivity (Wildman–Crippen MR) is 447 cm³/mol. The van der Waals surface area contributed by atoms with Crippen LogP contribution in [0.2, 0.25) is 0 Å². The van der Waals surface area contributed by atoms with Gasteiger partial charge in [0.25, 0.3) is 20.2 Å². The molecule has 1 amide bonds. The average Bonchev–Trinajstić information content (AvgIpc) is 1.46. The summed E-state index contributed by atoms with van der Waals surface area (Å²) in [7, 11) is -8.27. The Bertz CT molecular complexity index is 5980. The number of hydrogen-bond acceptors (Lipinski definition) is 9. The molecule has 4 atom stereocenters. The number of ether oxygens (including phenoxy) is 1. The Kier molecular flexibility index (Phi) is 18.9. The number of Topliss-reactive ketones (excluding diaryl/α,β-unsaturated/α-hetero) is 1. The van der Waals surface area contributed by atoms with Crippen molar-refractivity contribution in [3.63, 3.8) is 0 Å². The van der Waals surface area contributed by atoms with Crippen molar-refractivity contribution in [1.29, 1.82) is 0 Å². The Balaban J connectivity index is 0.703. The summed E-state index contributed by atoms with van der Waals surface area (Å²) in [5.41, 5.74) is 23.7. The van der Waals surface area contributed by atoms with Gasteiger partial charge in [-0.3, -0.25) is 18.7 Å². The normalized spacial score (nSPS) is 21.8. The zero-order valence-corrected chi connectivity index (χ0v) is 68.3.